The summed E-state index contributed by atoms with van der Waals surface area (Å²) in [5.74, 6) is 1.14. The van der Waals surface area contributed by atoms with Gasteiger partial charge in [0, 0.05) is 28.4 Å². The Morgan fingerprint density at radius 3 is 2.15 bits per heavy atom. The minimum Gasteiger partial charge on any atom is -0.508 e. The van der Waals surface area contributed by atoms with Gasteiger partial charge in [0.15, 0.2) is 0 Å². The van der Waals surface area contributed by atoms with Gasteiger partial charge < -0.3 is 24.8 Å². The third-order valence-electron chi connectivity index (χ3n) is 5.70. The Morgan fingerprint density at radius 2 is 1.56 bits per heavy atom. The molecule has 3 aromatic carbocycles. The van der Waals surface area contributed by atoms with Gasteiger partial charge in [-0.15, -0.1) is 11.3 Å². The van der Waals surface area contributed by atoms with Crippen molar-refractivity contribution < 1.29 is 24.8 Å². The smallest absolute Gasteiger partial charge is 0.119 e. The second-order valence-electron chi connectivity index (χ2n) is 8.15. The molecule has 4 aromatic rings. The van der Waals surface area contributed by atoms with Crippen molar-refractivity contribution >= 4 is 21.4 Å². The molecule has 178 valence electrons. The van der Waals surface area contributed by atoms with E-state index in [1.54, 1.807) is 24.3 Å². The highest BCUT2D eigenvalue weighted by Gasteiger charge is 2.22. The van der Waals surface area contributed by atoms with E-state index in [9.17, 15) is 15.3 Å². The molecule has 1 atom stereocenters. The van der Waals surface area contributed by atoms with Crippen LogP contribution in [-0.2, 0) is 4.74 Å². The minimum absolute atomic E-state index is 0.188. The van der Waals surface area contributed by atoms with Gasteiger partial charge in [0.25, 0.3) is 0 Å². The molecule has 0 bridgehead atoms. The van der Waals surface area contributed by atoms with Crippen LogP contribution in [0.2, 0.25) is 0 Å². The summed E-state index contributed by atoms with van der Waals surface area (Å²) in [6.07, 6.45) is 3.10. The van der Waals surface area contributed by atoms with Crippen LogP contribution in [0.3, 0.4) is 0 Å². The van der Waals surface area contributed by atoms with E-state index in [0.29, 0.717) is 6.61 Å². The van der Waals surface area contributed by atoms with Crippen molar-refractivity contribution in [2.75, 3.05) is 19.8 Å². The van der Waals surface area contributed by atoms with Crippen molar-refractivity contribution in [2.24, 2.45) is 0 Å². The summed E-state index contributed by atoms with van der Waals surface area (Å²) in [6, 6.07) is 19.5. The van der Waals surface area contributed by atoms with Crippen LogP contribution in [0.15, 0.2) is 66.7 Å². The van der Waals surface area contributed by atoms with Crippen molar-refractivity contribution in [1.29, 1.82) is 0 Å². The fourth-order valence-corrected chi connectivity index (χ4v) is 5.24. The second kappa shape index (κ2) is 11.4. The van der Waals surface area contributed by atoms with Crippen LogP contribution in [0, 0.1) is 0 Å². The number of phenols is 2. The number of hydrogen-bond donors (Lipinski definition) is 3. The predicted molar refractivity (Wildman–Crippen MR) is 137 cm³/mol. The molecule has 1 saturated heterocycles. The van der Waals surface area contributed by atoms with Crippen LogP contribution >= 0.6 is 11.3 Å². The first-order valence-corrected chi connectivity index (χ1v) is 12.4. The summed E-state index contributed by atoms with van der Waals surface area (Å²) in [5.41, 5.74) is 2.45. The highest BCUT2D eigenvalue weighted by molar-refractivity contribution is 7.22. The third-order valence-corrected chi connectivity index (χ3v) is 6.92. The Bertz CT molecular complexity index is 1180. The Hall–Kier alpha value is -3.06. The van der Waals surface area contributed by atoms with E-state index in [4.69, 9.17) is 9.47 Å². The van der Waals surface area contributed by atoms with E-state index >= 15 is 0 Å². The SMILES string of the molecule is C1CCOCC1.CCOc1ccc(C(O)c2c(-c3ccc(O)cc3)sc3cc(O)ccc23)cc1. The summed E-state index contributed by atoms with van der Waals surface area (Å²) in [6.45, 7) is 4.52. The first-order chi connectivity index (χ1) is 16.6. The lowest BCUT2D eigenvalue weighted by Crippen LogP contribution is -2.03. The lowest BCUT2D eigenvalue weighted by molar-refractivity contribution is 0.0968. The zero-order chi connectivity index (χ0) is 23.9. The van der Waals surface area contributed by atoms with Crippen LogP contribution < -0.4 is 4.74 Å². The summed E-state index contributed by atoms with van der Waals surface area (Å²) in [5, 5.41) is 31.6. The molecule has 1 aromatic heterocycles. The molecule has 5 rings (SSSR count). The maximum absolute atomic E-state index is 11.2. The first-order valence-electron chi connectivity index (χ1n) is 11.6. The molecule has 5 nitrogen and oxygen atoms in total. The number of ether oxygens (including phenoxy) is 2. The lowest BCUT2D eigenvalue weighted by atomic mass is 9.96. The van der Waals surface area contributed by atoms with Gasteiger partial charge in [-0.3, -0.25) is 0 Å². The van der Waals surface area contributed by atoms with Gasteiger partial charge >= 0.3 is 0 Å². The number of aromatic hydroxyl groups is 2. The number of hydrogen-bond acceptors (Lipinski definition) is 6. The highest BCUT2D eigenvalue weighted by Crippen LogP contribution is 2.45. The molecule has 3 N–H and O–H groups in total. The second-order valence-corrected chi connectivity index (χ2v) is 9.20. The largest absolute Gasteiger partial charge is 0.508 e. The lowest BCUT2D eigenvalue weighted by Gasteiger charge is -2.14. The minimum atomic E-state index is -0.835. The Kier molecular flexibility index (Phi) is 8.06. The van der Waals surface area contributed by atoms with E-state index in [2.05, 4.69) is 0 Å². The average molecular weight is 479 g/mol. The molecule has 0 spiro atoms. The molecule has 2 heterocycles. The van der Waals surface area contributed by atoms with E-state index in [1.807, 2.05) is 49.4 Å². The van der Waals surface area contributed by atoms with Crippen molar-refractivity contribution in [3.05, 3.63) is 77.9 Å². The Morgan fingerprint density at radius 1 is 0.882 bits per heavy atom. The molecule has 6 heteroatoms. The number of thiophene rings is 1. The van der Waals surface area contributed by atoms with Crippen LogP contribution in [-0.4, -0.2) is 35.1 Å². The number of rotatable bonds is 5. The molecule has 34 heavy (non-hydrogen) atoms. The van der Waals surface area contributed by atoms with Crippen molar-refractivity contribution in [1.82, 2.24) is 0 Å². The summed E-state index contributed by atoms with van der Waals surface area (Å²) < 4.78 is 11.4. The summed E-state index contributed by atoms with van der Waals surface area (Å²) in [7, 11) is 0. The average Bonchev–Trinajstić information content (AvgIpc) is 3.24. The number of aliphatic hydroxyl groups is 1. The molecule has 0 radical (unpaired) electrons. The Balaban J connectivity index is 0.000000398. The van der Waals surface area contributed by atoms with Crippen LogP contribution in [0.4, 0.5) is 0 Å². The number of benzene rings is 3. The van der Waals surface area contributed by atoms with Gasteiger partial charge in [0.05, 0.1) is 6.61 Å². The molecule has 0 aliphatic carbocycles. The standard InChI is InChI=1S/C23H20O4S.C5H10O/c1-2-27-18-10-5-14(6-11-18)22(26)21-19-12-9-17(25)13-20(19)28-23(21)15-3-7-16(24)8-4-15;1-2-4-6-5-3-1/h3-13,22,24-26H,2H2,1H3;1-5H2. The van der Waals surface area contributed by atoms with Gasteiger partial charge in [-0.25, -0.2) is 0 Å². The molecule has 1 fully saturated rings. The molecule has 0 saturated carbocycles. The van der Waals surface area contributed by atoms with Crippen LogP contribution in [0.5, 0.6) is 17.2 Å². The number of aliphatic hydroxyl groups excluding tert-OH is 1. The van der Waals surface area contributed by atoms with Crippen LogP contribution in [0.1, 0.15) is 43.4 Å². The van der Waals surface area contributed by atoms with Crippen molar-refractivity contribution in [2.45, 2.75) is 32.3 Å². The predicted octanol–water partition coefficient (Wildman–Crippen LogP) is 6.65. The van der Waals surface area contributed by atoms with Crippen LogP contribution in [0.25, 0.3) is 20.5 Å². The molecule has 0 amide bonds. The third kappa shape index (κ3) is 5.70. The van der Waals surface area contributed by atoms with Crippen molar-refractivity contribution in [3.63, 3.8) is 0 Å². The number of fused-ring (bicyclic) bond motifs is 1. The number of phenolic OH excluding ortho intramolecular Hbond substituents is 2. The molecule has 1 aliphatic heterocycles. The topological polar surface area (TPSA) is 79.2 Å². The molecule has 1 unspecified atom stereocenters. The van der Waals surface area contributed by atoms with E-state index in [0.717, 1.165) is 50.6 Å². The highest BCUT2D eigenvalue weighted by atomic mass is 32.1. The van der Waals surface area contributed by atoms with Crippen molar-refractivity contribution in [3.8, 4) is 27.7 Å². The van der Waals surface area contributed by atoms with E-state index in [1.165, 1.54) is 30.6 Å². The zero-order valence-corrected chi connectivity index (χ0v) is 20.1. The monoisotopic (exact) mass is 478 g/mol. The Labute approximate surface area is 203 Å². The zero-order valence-electron chi connectivity index (χ0n) is 19.2. The summed E-state index contributed by atoms with van der Waals surface area (Å²) >= 11 is 1.50. The molecular formula is C28H30O5S. The van der Waals surface area contributed by atoms with Gasteiger partial charge in [0.1, 0.15) is 23.4 Å². The fraction of sp³-hybridized carbons (Fsp3) is 0.286. The normalized spacial score (nSPS) is 14.3. The maximum atomic E-state index is 11.2. The first kappa shape index (κ1) is 24.1. The maximum Gasteiger partial charge on any atom is 0.119 e. The van der Waals surface area contributed by atoms with E-state index in [-0.39, 0.29) is 11.5 Å². The van der Waals surface area contributed by atoms with E-state index < -0.39 is 6.10 Å². The van der Waals surface area contributed by atoms with Gasteiger partial charge in [-0.05, 0) is 97.3 Å². The van der Waals surface area contributed by atoms with Gasteiger partial charge in [0.2, 0.25) is 0 Å². The molecule has 1 aliphatic rings. The van der Waals surface area contributed by atoms with Gasteiger partial charge in [-0.1, -0.05) is 12.1 Å². The molecular weight excluding hydrogens is 448 g/mol. The summed E-state index contributed by atoms with van der Waals surface area (Å²) in [4.78, 5) is 0.905. The van der Waals surface area contributed by atoms with Gasteiger partial charge in [-0.2, -0.15) is 0 Å². The fourth-order valence-electron chi connectivity index (χ4n) is 3.97. The quantitative estimate of drug-likeness (QED) is 0.299.